The van der Waals surface area contributed by atoms with Crippen LogP contribution in [0.2, 0.25) is 0 Å². The Morgan fingerprint density at radius 3 is 2.29 bits per heavy atom. The molecule has 2 aromatic carbocycles. The predicted octanol–water partition coefficient (Wildman–Crippen LogP) is 3.92. The number of fused-ring (bicyclic) bond motifs is 1. The fourth-order valence-electron chi connectivity index (χ4n) is 4.51. The first-order valence-electron chi connectivity index (χ1n) is 10.7. The zero-order valence-corrected chi connectivity index (χ0v) is 18.3. The largest absolute Gasteiger partial charge is 0.357 e. The van der Waals surface area contributed by atoms with E-state index in [4.69, 9.17) is 4.74 Å². The fraction of sp³-hybridized carbons (Fsp3) is 0.308. The van der Waals surface area contributed by atoms with Crippen molar-refractivity contribution in [2.24, 2.45) is 0 Å². The summed E-state index contributed by atoms with van der Waals surface area (Å²) in [6.07, 6.45) is 2.14. The van der Waals surface area contributed by atoms with Gasteiger partial charge in [0.05, 0.1) is 11.8 Å². The number of hydrogen-bond donors (Lipinski definition) is 1. The van der Waals surface area contributed by atoms with E-state index in [-0.39, 0.29) is 18.4 Å². The van der Waals surface area contributed by atoms with E-state index < -0.39 is 5.69 Å². The van der Waals surface area contributed by atoms with Gasteiger partial charge in [0.1, 0.15) is 6.73 Å². The van der Waals surface area contributed by atoms with Crippen LogP contribution in [0, 0.1) is 13.8 Å². The molecule has 4 rings (SSSR count). The summed E-state index contributed by atoms with van der Waals surface area (Å²) < 4.78 is 7.68. The maximum Gasteiger partial charge on any atom is 0.330 e. The summed E-state index contributed by atoms with van der Waals surface area (Å²) in [6.45, 7) is 10.3. The lowest BCUT2D eigenvalue weighted by Gasteiger charge is -2.20. The summed E-state index contributed by atoms with van der Waals surface area (Å²) in [6, 6.07) is 14.4. The molecular formula is C26H28N2O3. The molecule has 0 bridgehead atoms. The predicted molar refractivity (Wildman–Crippen MR) is 123 cm³/mol. The van der Waals surface area contributed by atoms with E-state index in [0.29, 0.717) is 23.3 Å². The van der Waals surface area contributed by atoms with Gasteiger partial charge in [-0.25, -0.2) is 4.79 Å². The van der Waals surface area contributed by atoms with E-state index in [9.17, 15) is 9.59 Å². The van der Waals surface area contributed by atoms with Crippen LogP contribution in [-0.2, 0) is 30.7 Å². The maximum absolute atomic E-state index is 12.8. The molecule has 0 radical (unpaired) electrons. The summed E-state index contributed by atoms with van der Waals surface area (Å²) >= 11 is 0. The number of aromatic nitrogens is 2. The summed E-state index contributed by atoms with van der Waals surface area (Å²) in [7, 11) is 0. The van der Waals surface area contributed by atoms with Crippen LogP contribution in [0.4, 0.5) is 0 Å². The summed E-state index contributed by atoms with van der Waals surface area (Å²) in [5, 5.41) is 0. The number of benzene rings is 2. The topological polar surface area (TPSA) is 64.1 Å². The lowest BCUT2D eigenvalue weighted by molar-refractivity contribution is 0.0105. The second kappa shape index (κ2) is 8.52. The number of ether oxygens (including phenoxy) is 1. The van der Waals surface area contributed by atoms with Crippen molar-refractivity contribution >= 4 is 5.57 Å². The molecule has 0 saturated carbocycles. The minimum absolute atomic E-state index is 0.00336. The number of aryl methyl sites for hydroxylation is 2. The van der Waals surface area contributed by atoms with Crippen LogP contribution in [0.1, 0.15) is 46.0 Å². The van der Waals surface area contributed by atoms with Gasteiger partial charge in [0.2, 0.25) is 0 Å². The number of aromatic amines is 1. The molecule has 3 aromatic rings. The Balaban J connectivity index is 1.70. The zero-order chi connectivity index (χ0) is 22.1. The van der Waals surface area contributed by atoms with E-state index in [2.05, 4.69) is 29.8 Å². The molecule has 1 heterocycles. The lowest BCUT2D eigenvalue weighted by Crippen LogP contribution is -2.36. The first-order valence-corrected chi connectivity index (χ1v) is 10.7. The van der Waals surface area contributed by atoms with Crippen molar-refractivity contribution in [3.8, 4) is 0 Å². The van der Waals surface area contributed by atoms with Crippen molar-refractivity contribution < 1.29 is 4.74 Å². The van der Waals surface area contributed by atoms with Crippen molar-refractivity contribution in [2.75, 3.05) is 0 Å². The van der Waals surface area contributed by atoms with E-state index >= 15 is 0 Å². The molecule has 31 heavy (non-hydrogen) atoms. The van der Waals surface area contributed by atoms with Gasteiger partial charge >= 0.3 is 5.69 Å². The summed E-state index contributed by atoms with van der Waals surface area (Å²) in [5.74, 6) is 0. The highest BCUT2D eigenvalue weighted by Crippen LogP contribution is 2.27. The smallest absolute Gasteiger partial charge is 0.330 e. The van der Waals surface area contributed by atoms with Crippen molar-refractivity contribution in [2.45, 2.75) is 52.9 Å². The number of H-pyrrole nitrogens is 1. The molecule has 0 saturated heterocycles. The van der Waals surface area contributed by atoms with Gasteiger partial charge in [-0.15, -0.1) is 0 Å². The molecule has 5 heteroatoms. The third kappa shape index (κ3) is 4.19. The molecule has 0 amide bonds. The molecule has 0 aliphatic heterocycles. The first-order chi connectivity index (χ1) is 14.9. The van der Waals surface area contributed by atoms with Crippen LogP contribution >= 0.6 is 0 Å². The maximum atomic E-state index is 12.8. The highest BCUT2D eigenvalue weighted by molar-refractivity contribution is 5.78. The summed E-state index contributed by atoms with van der Waals surface area (Å²) in [4.78, 5) is 27.8. The average molecular weight is 417 g/mol. The molecule has 0 unspecified atom stereocenters. The van der Waals surface area contributed by atoms with Gasteiger partial charge in [-0.05, 0) is 55.4 Å². The van der Waals surface area contributed by atoms with Gasteiger partial charge in [0, 0.05) is 5.56 Å². The molecule has 0 fully saturated rings. The number of nitrogens with zero attached hydrogens (tertiary/aromatic N) is 1. The minimum Gasteiger partial charge on any atom is -0.357 e. The third-order valence-electron chi connectivity index (χ3n) is 5.96. The SMILES string of the molecule is C=C(c1cc(C)cc(C)c1)c1c(CC)c(=O)[nH]c(=O)n1COC1Cc2ccccc2C1. The number of nitrogens with one attached hydrogen (secondary N) is 1. The van der Waals surface area contributed by atoms with Crippen molar-refractivity contribution in [1.29, 1.82) is 0 Å². The Hall–Kier alpha value is -3.18. The van der Waals surface area contributed by atoms with Crippen LogP contribution in [0.5, 0.6) is 0 Å². The van der Waals surface area contributed by atoms with E-state index in [1.54, 1.807) is 0 Å². The van der Waals surface area contributed by atoms with Gasteiger partial charge < -0.3 is 4.74 Å². The standard InChI is InChI=1S/C26H28N2O3/c1-5-23-24(18(4)21-11-16(2)10-17(3)12-21)28(26(30)27-25(23)29)15-31-22-13-19-8-6-7-9-20(19)14-22/h6-12,22H,4-5,13-15H2,1-3H3,(H,27,29,30). The highest BCUT2D eigenvalue weighted by atomic mass is 16.5. The summed E-state index contributed by atoms with van der Waals surface area (Å²) in [5.41, 5.74) is 6.60. The number of rotatable bonds is 6. The Bertz CT molecular complexity index is 1220. The molecule has 5 nitrogen and oxygen atoms in total. The average Bonchev–Trinajstić information content (AvgIpc) is 3.14. The first kappa shape index (κ1) is 21.1. The Morgan fingerprint density at radius 1 is 1.10 bits per heavy atom. The molecule has 1 aromatic heterocycles. The Morgan fingerprint density at radius 2 is 1.71 bits per heavy atom. The molecule has 0 atom stereocenters. The molecule has 1 aliphatic carbocycles. The van der Waals surface area contributed by atoms with Crippen molar-refractivity contribution in [1.82, 2.24) is 9.55 Å². The Kier molecular flexibility index (Phi) is 5.79. The van der Waals surface area contributed by atoms with Crippen LogP contribution < -0.4 is 11.2 Å². The quantitative estimate of drug-likeness (QED) is 0.662. The van der Waals surface area contributed by atoms with Gasteiger partial charge in [0.15, 0.2) is 0 Å². The molecule has 160 valence electrons. The monoisotopic (exact) mass is 416 g/mol. The van der Waals surface area contributed by atoms with Crippen LogP contribution in [-0.4, -0.2) is 15.7 Å². The van der Waals surface area contributed by atoms with Crippen LogP contribution in [0.15, 0.2) is 58.6 Å². The highest BCUT2D eigenvalue weighted by Gasteiger charge is 2.23. The third-order valence-corrected chi connectivity index (χ3v) is 5.96. The van der Waals surface area contributed by atoms with Gasteiger partial charge in [-0.1, -0.05) is 67.1 Å². The number of hydrogen-bond acceptors (Lipinski definition) is 3. The van der Waals surface area contributed by atoms with Gasteiger partial charge in [-0.3, -0.25) is 14.3 Å². The lowest BCUT2D eigenvalue weighted by atomic mass is 9.96. The van der Waals surface area contributed by atoms with E-state index in [0.717, 1.165) is 29.5 Å². The Labute approximate surface area is 182 Å². The second-order valence-corrected chi connectivity index (χ2v) is 8.32. The minimum atomic E-state index is -0.474. The van der Waals surface area contributed by atoms with E-state index in [1.165, 1.54) is 15.7 Å². The molecular weight excluding hydrogens is 388 g/mol. The normalized spacial score (nSPS) is 13.4. The van der Waals surface area contributed by atoms with Gasteiger partial charge in [0.25, 0.3) is 5.56 Å². The zero-order valence-electron chi connectivity index (χ0n) is 18.3. The molecule has 1 N–H and O–H groups in total. The second-order valence-electron chi connectivity index (χ2n) is 8.32. The van der Waals surface area contributed by atoms with Gasteiger partial charge in [-0.2, -0.15) is 0 Å². The van der Waals surface area contributed by atoms with Crippen LogP contribution in [0.25, 0.3) is 5.57 Å². The van der Waals surface area contributed by atoms with Crippen molar-refractivity contribution in [3.63, 3.8) is 0 Å². The van der Waals surface area contributed by atoms with E-state index in [1.807, 2.05) is 45.0 Å². The van der Waals surface area contributed by atoms with Crippen molar-refractivity contribution in [3.05, 3.63) is 109 Å². The van der Waals surface area contributed by atoms with Crippen LogP contribution in [0.3, 0.4) is 0 Å². The molecule has 0 spiro atoms. The fourth-order valence-corrected chi connectivity index (χ4v) is 4.51. The molecule has 1 aliphatic rings.